The van der Waals surface area contributed by atoms with Crippen LogP contribution in [0.25, 0.3) is 6.08 Å². The molecule has 1 saturated carbocycles. The zero-order chi connectivity index (χ0) is 17.4. The predicted octanol–water partition coefficient (Wildman–Crippen LogP) is 3.63. The van der Waals surface area contributed by atoms with Gasteiger partial charge in [-0.2, -0.15) is 0 Å². The molecule has 5 nitrogen and oxygen atoms in total. The minimum atomic E-state index is -0.228. The zero-order valence-corrected chi connectivity index (χ0v) is 13.7. The van der Waals surface area contributed by atoms with Gasteiger partial charge in [0.25, 0.3) is 0 Å². The van der Waals surface area contributed by atoms with Crippen LogP contribution in [0.5, 0.6) is 17.2 Å². The molecule has 1 aliphatic carbocycles. The van der Waals surface area contributed by atoms with Crippen molar-refractivity contribution in [3.63, 3.8) is 0 Å². The second-order valence-electron chi connectivity index (χ2n) is 6.04. The number of hydrogen-bond donors (Lipinski definition) is 0. The first kappa shape index (κ1) is 15.4. The van der Waals surface area contributed by atoms with Crippen molar-refractivity contribution in [3.05, 3.63) is 59.4 Å². The molecule has 4 rings (SSSR count). The Labute approximate surface area is 144 Å². The number of carbonyl (C=O) groups is 2. The van der Waals surface area contributed by atoms with E-state index in [9.17, 15) is 9.59 Å². The molecule has 0 spiro atoms. The first-order chi connectivity index (χ1) is 12.2. The van der Waals surface area contributed by atoms with Gasteiger partial charge in [-0.05, 0) is 37.1 Å². The van der Waals surface area contributed by atoms with Gasteiger partial charge in [0.15, 0.2) is 5.76 Å². The topological polar surface area (TPSA) is 61.8 Å². The van der Waals surface area contributed by atoms with Gasteiger partial charge in [-0.1, -0.05) is 18.2 Å². The number of methoxy groups -OCH3 is 1. The third-order valence-corrected chi connectivity index (χ3v) is 4.20. The fourth-order valence-electron chi connectivity index (χ4n) is 2.68. The normalized spacial score (nSPS) is 17.2. The van der Waals surface area contributed by atoms with E-state index in [4.69, 9.17) is 14.2 Å². The summed E-state index contributed by atoms with van der Waals surface area (Å²) in [6.45, 7) is 0. The summed E-state index contributed by atoms with van der Waals surface area (Å²) in [5.74, 6) is 1.23. The van der Waals surface area contributed by atoms with E-state index in [1.165, 1.54) is 0 Å². The molecule has 0 unspecified atom stereocenters. The second-order valence-corrected chi connectivity index (χ2v) is 6.04. The van der Waals surface area contributed by atoms with Crippen molar-refractivity contribution < 1.29 is 23.8 Å². The molecule has 25 heavy (non-hydrogen) atoms. The number of para-hydroxylation sites is 1. The van der Waals surface area contributed by atoms with Gasteiger partial charge in [0.05, 0.1) is 18.6 Å². The lowest BCUT2D eigenvalue weighted by Gasteiger charge is -2.05. The summed E-state index contributed by atoms with van der Waals surface area (Å²) < 4.78 is 16.3. The van der Waals surface area contributed by atoms with Crippen molar-refractivity contribution in [2.24, 2.45) is 5.92 Å². The van der Waals surface area contributed by atoms with Crippen LogP contribution in [0.15, 0.2) is 48.2 Å². The fourth-order valence-corrected chi connectivity index (χ4v) is 2.68. The van der Waals surface area contributed by atoms with E-state index in [0.717, 1.165) is 18.4 Å². The van der Waals surface area contributed by atoms with E-state index in [0.29, 0.717) is 22.8 Å². The van der Waals surface area contributed by atoms with E-state index in [1.54, 1.807) is 31.4 Å². The Kier molecular flexibility index (Phi) is 3.76. The third-order valence-electron chi connectivity index (χ3n) is 4.20. The van der Waals surface area contributed by atoms with E-state index < -0.39 is 0 Å². The monoisotopic (exact) mass is 336 g/mol. The van der Waals surface area contributed by atoms with Crippen molar-refractivity contribution in [3.8, 4) is 17.2 Å². The highest BCUT2D eigenvalue weighted by molar-refractivity contribution is 6.14. The van der Waals surface area contributed by atoms with E-state index in [2.05, 4.69) is 0 Å². The zero-order valence-electron chi connectivity index (χ0n) is 13.7. The number of ether oxygens (including phenoxy) is 3. The van der Waals surface area contributed by atoms with Crippen LogP contribution in [-0.2, 0) is 4.79 Å². The molecule has 0 amide bonds. The quantitative estimate of drug-likeness (QED) is 0.485. The van der Waals surface area contributed by atoms with Crippen molar-refractivity contribution in [2.75, 3.05) is 7.11 Å². The van der Waals surface area contributed by atoms with Gasteiger partial charge >= 0.3 is 5.97 Å². The molecule has 5 heteroatoms. The number of Topliss-reactive ketones (excluding diaryl/α,β-unsaturated/α-hetero) is 1. The van der Waals surface area contributed by atoms with Gasteiger partial charge in [-0.25, -0.2) is 0 Å². The molecule has 0 N–H and O–H groups in total. The number of fused-ring (bicyclic) bond motifs is 1. The molecule has 1 heterocycles. The van der Waals surface area contributed by atoms with Gasteiger partial charge in [-0.3, -0.25) is 9.59 Å². The van der Waals surface area contributed by atoms with Crippen molar-refractivity contribution >= 4 is 17.8 Å². The van der Waals surface area contributed by atoms with Gasteiger partial charge in [0.1, 0.15) is 17.2 Å². The minimum absolute atomic E-state index is 0.0109. The summed E-state index contributed by atoms with van der Waals surface area (Å²) in [4.78, 5) is 24.3. The minimum Gasteiger partial charge on any atom is -0.496 e. The third kappa shape index (κ3) is 3.01. The van der Waals surface area contributed by atoms with Crippen LogP contribution in [0.2, 0.25) is 0 Å². The number of hydrogen-bond acceptors (Lipinski definition) is 5. The molecule has 1 aliphatic heterocycles. The van der Waals surface area contributed by atoms with Gasteiger partial charge in [0, 0.05) is 11.6 Å². The molecule has 126 valence electrons. The maximum absolute atomic E-state index is 12.5. The lowest BCUT2D eigenvalue weighted by molar-refractivity contribution is -0.135. The maximum atomic E-state index is 12.5. The molecule has 0 bridgehead atoms. The smallest absolute Gasteiger partial charge is 0.314 e. The van der Waals surface area contributed by atoms with Crippen molar-refractivity contribution in [2.45, 2.75) is 12.8 Å². The van der Waals surface area contributed by atoms with E-state index in [1.807, 2.05) is 24.3 Å². The lowest BCUT2D eigenvalue weighted by atomic mass is 10.1. The average Bonchev–Trinajstić information content (AvgIpc) is 3.42. The van der Waals surface area contributed by atoms with Crippen LogP contribution < -0.4 is 14.2 Å². The second kappa shape index (κ2) is 6.09. The first-order valence-corrected chi connectivity index (χ1v) is 8.09. The number of allylic oxidation sites excluding steroid dienone is 1. The van der Waals surface area contributed by atoms with E-state index in [-0.39, 0.29) is 23.4 Å². The van der Waals surface area contributed by atoms with Crippen LogP contribution in [0, 0.1) is 5.92 Å². The molecule has 0 aromatic heterocycles. The van der Waals surface area contributed by atoms with Crippen LogP contribution >= 0.6 is 0 Å². The molecular weight excluding hydrogens is 320 g/mol. The highest BCUT2D eigenvalue weighted by Gasteiger charge is 2.33. The predicted molar refractivity (Wildman–Crippen MR) is 90.7 cm³/mol. The summed E-state index contributed by atoms with van der Waals surface area (Å²) in [5, 5.41) is 0. The van der Waals surface area contributed by atoms with E-state index >= 15 is 0 Å². The molecule has 0 saturated heterocycles. The SMILES string of the molecule is COc1ccccc1C=C1Oc2cc(OC(=O)C3CC3)ccc2C1=O. The molecule has 2 aromatic carbocycles. The Morgan fingerprint density at radius 1 is 1.20 bits per heavy atom. The molecular formula is C20H16O5. The standard InChI is InChI=1S/C20H16O5/c1-23-16-5-3-2-4-13(16)10-18-19(21)15-9-8-14(11-17(15)25-18)24-20(22)12-6-7-12/h2-5,8-12H,6-7H2,1H3. The molecule has 0 radical (unpaired) electrons. The Bertz CT molecular complexity index is 893. The average molecular weight is 336 g/mol. The molecule has 2 aliphatic rings. The summed E-state index contributed by atoms with van der Waals surface area (Å²) >= 11 is 0. The Hall–Kier alpha value is -3.08. The summed E-state index contributed by atoms with van der Waals surface area (Å²) in [6, 6.07) is 12.2. The Morgan fingerprint density at radius 3 is 2.76 bits per heavy atom. The Balaban J connectivity index is 1.60. The highest BCUT2D eigenvalue weighted by atomic mass is 16.5. The molecule has 2 aromatic rings. The highest BCUT2D eigenvalue weighted by Crippen LogP contribution is 2.37. The lowest BCUT2D eigenvalue weighted by Crippen LogP contribution is -2.09. The van der Waals surface area contributed by atoms with Crippen LogP contribution in [0.1, 0.15) is 28.8 Å². The van der Waals surface area contributed by atoms with Gasteiger partial charge in [0.2, 0.25) is 5.78 Å². The maximum Gasteiger partial charge on any atom is 0.314 e. The number of ketones is 1. The number of carbonyl (C=O) groups excluding carboxylic acids is 2. The van der Waals surface area contributed by atoms with Crippen LogP contribution in [0.4, 0.5) is 0 Å². The number of rotatable bonds is 4. The Morgan fingerprint density at radius 2 is 2.00 bits per heavy atom. The number of benzene rings is 2. The molecule has 0 atom stereocenters. The van der Waals surface area contributed by atoms with Crippen molar-refractivity contribution in [1.29, 1.82) is 0 Å². The largest absolute Gasteiger partial charge is 0.496 e. The first-order valence-electron chi connectivity index (χ1n) is 8.09. The van der Waals surface area contributed by atoms with Crippen LogP contribution in [0.3, 0.4) is 0 Å². The summed E-state index contributed by atoms with van der Waals surface area (Å²) in [6.07, 6.45) is 3.41. The van der Waals surface area contributed by atoms with Crippen molar-refractivity contribution in [1.82, 2.24) is 0 Å². The summed E-state index contributed by atoms with van der Waals surface area (Å²) in [7, 11) is 1.57. The van der Waals surface area contributed by atoms with Crippen LogP contribution in [-0.4, -0.2) is 18.9 Å². The number of esters is 1. The van der Waals surface area contributed by atoms with Gasteiger partial charge < -0.3 is 14.2 Å². The molecule has 1 fully saturated rings. The summed E-state index contributed by atoms with van der Waals surface area (Å²) in [5.41, 5.74) is 1.20. The fraction of sp³-hybridized carbons (Fsp3) is 0.200. The van der Waals surface area contributed by atoms with Gasteiger partial charge in [-0.15, -0.1) is 0 Å².